The molecule has 19 heavy (non-hydrogen) atoms. The van der Waals surface area contributed by atoms with Crippen LogP contribution in [0.2, 0.25) is 0 Å². The van der Waals surface area contributed by atoms with Crippen molar-refractivity contribution in [3.8, 4) is 11.4 Å². The Bertz CT molecular complexity index is 562. The molecule has 0 bridgehead atoms. The van der Waals surface area contributed by atoms with Gasteiger partial charge in [0.25, 0.3) is 0 Å². The van der Waals surface area contributed by atoms with E-state index in [-0.39, 0.29) is 5.92 Å². The topological polar surface area (TPSA) is 61.8 Å². The van der Waals surface area contributed by atoms with Crippen LogP contribution in [0.3, 0.4) is 0 Å². The number of hydrogen-bond acceptors (Lipinski definition) is 3. The molecule has 1 aromatic carbocycles. The van der Waals surface area contributed by atoms with Crippen molar-refractivity contribution < 1.29 is 5.11 Å². The summed E-state index contributed by atoms with van der Waals surface area (Å²) in [5.41, 5.74) is 0.959. The molecule has 2 N–H and O–H groups in total. The number of aromatic nitrogens is 3. The van der Waals surface area contributed by atoms with E-state index in [0.717, 1.165) is 24.8 Å². The standard InChI is InChI=1S/C15H17N3O/c19-13(11-7-3-1-4-8-11)15-16-14(17-18-15)12-9-5-2-6-10-12/h1-3,5-6,9-11,13,19H,4,7-8H2,(H,16,17,18)/t11-,13+/m1/s1. The summed E-state index contributed by atoms with van der Waals surface area (Å²) in [5, 5.41) is 17.4. The molecule has 0 saturated heterocycles. The fourth-order valence-corrected chi connectivity index (χ4v) is 2.45. The van der Waals surface area contributed by atoms with Gasteiger partial charge in [-0.3, -0.25) is 5.10 Å². The highest BCUT2D eigenvalue weighted by atomic mass is 16.3. The van der Waals surface area contributed by atoms with Crippen LogP contribution in [0.1, 0.15) is 31.2 Å². The Morgan fingerprint density at radius 1 is 1.21 bits per heavy atom. The number of benzene rings is 1. The maximum atomic E-state index is 10.3. The molecular weight excluding hydrogens is 238 g/mol. The van der Waals surface area contributed by atoms with Crippen molar-refractivity contribution >= 4 is 0 Å². The number of aliphatic hydroxyl groups is 1. The molecule has 0 aliphatic heterocycles. The third kappa shape index (κ3) is 2.58. The highest BCUT2D eigenvalue weighted by Crippen LogP contribution is 2.30. The van der Waals surface area contributed by atoms with Gasteiger partial charge < -0.3 is 5.11 Å². The minimum atomic E-state index is -0.560. The predicted octanol–water partition coefficient (Wildman–Crippen LogP) is 2.86. The van der Waals surface area contributed by atoms with Crippen LogP contribution in [0, 0.1) is 5.92 Å². The van der Waals surface area contributed by atoms with Crippen molar-refractivity contribution in [2.75, 3.05) is 0 Å². The zero-order valence-electron chi connectivity index (χ0n) is 10.7. The number of H-pyrrole nitrogens is 1. The Kier molecular flexibility index (Phi) is 3.42. The van der Waals surface area contributed by atoms with Crippen molar-refractivity contribution in [2.24, 2.45) is 5.92 Å². The number of rotatable bonds is 3. The summed E-state index contributed by atoms with van der Waals surface area (Å²) in [6, 6.07) is 9.78. The number of nitrogens with one attached hydrogen (secondary N) is 1. The molecule has 1 heterocycles. The molecule has 0 fully saturated rings. The second kappa shape index (κ2) is 5.36. The number of nitrogens with zero attached hydrogens (tertiary/aromatic N) is 2. The lowest BCUT2D eigenvalue weighted by Gasteiger charge is -2.21. The number of hydrogen-bond donors (Lipinski definition) is 2. The molecule has 98 valence electrons. The van der Waals surface area contributed by atoms with Crippen LogP contribution < -0.4 is 0 Å². The van der Waals surface area contributed by atoms with E-state index in [0.29, 0.717) is 11.6 Å². The van der Waals surface area contributed by atoms with Gasteiger partial charge in [0.2, 0.25) is 0 Å². The van der Waals surface area contributed by atoms with Gasteiger partial charge in [0.15, 0.2) is 11.6 Å². The summed E-state index contributed by atoms with van der Waals surface area (Å²) in [6.07, 6.45) is 6.67. The molecular formula is C15H17N3O. The van der Waals surface area contributed by atoms with Crippen LogP contribution in [-0.2, 0) is 0 Å². The van der Waals surface area contributed by atoms with E-state index in [1.807, 2.05) is 30.3 Å². The van der Waals surface area contributed by atoms with Crippen molar-refractivity contribution in [3.05, 3.63) is 48.3 Å². The summed E-state index contributed by atoms with van der Waals surface area (Å²) in [5.74, 6) is 1.45. The largest absolute Gasteiger partial charge is 0.385 e. The zero-order valence-corrected chi connectivity index (χ0v) is 10.7. The molecule has 4 nitrogen and oxygen atoms in total. The average Bonchev–Trinajstić information content (AvgIpc) is 2.98. The molecule has 2 aromatic rings. The number of aromatic amines is 1. The van der Waals surface area contributed by atoms with Crippen molar-refractivity contribution in [1.82, 2.24) is 15.2 Å². The first kappa shape index (κ1) is 12.1. The summed E-state index contributed by atoms with van der Waals surface area (Å²) in [7, 11) is 0. The minimum Gasteiger partial charge on any atom is -0.385 e. The van der Waals surface area contributed by atoms with Crippen molar-refractivity contribution in [2.45, 2.75) is 25.4 Å². The lowest BCUT2D eigenvalue weighted by atomic mass is 9.89. The first-order valence-electron chi connectivity index (χ1n) is 6.65. The van der Waals surface area contributed by atoms with Gasteiger partial charge in [0.05, 0.1) is 0 Å². The molecule has 3 rings (SSSR count). The van der Waals surface area contributed by atoms with E-state index in [1.165, 1.54) is 0 Å². The van der Waals surface area contributed by atoms with E-state index >= 15 is 0 Å². The van der Waals surface area contributed by atoms with Gasteiger partial charge in [-0.1, -0.05) is 42.5 Å². The molecule has 1 aromatic heterocycles. The SMILES string of the molecule is O[C@H](c1nc(-c2ccccc2)n[nH]1)[C@@H]1CC=CCC1. The summed E-state index contributed by atoms with van der Waals surface area (Å²) in [4.78, 5) is 4.41. The lowest BCUT2D eigenvalue weighted by Crippen LogP contribution is -2.15. The number of allylic oxidation sites excluding steroid dienone is 2. The summed E-state index contributed by atoms with van der Waals surface area (Å²) < 4.78 is 0. The van der Waals surface area contributed by atoms with Crippen LogP contribution >= 0.6 is 0 Å². The fraction of sp³-hybridized carbons (Fsp3) is 0.333. The van der Waals surface area contributed by atoms with E-state index < -0.39 is 6.10 Å². The van der Waals surface area contributed by atoms with Gasteiger partial charge in [0, 0.05) is 5.56 Å². The van der Waals surface area contributed by atoms with Crippen LogP contribution in [0.5, 0.6) is 0 Å². The van der Waals surface area contributed by atoms with Crippen molar-refractivity contribution in [3.63, 3.8) is 0 Å². The second-order valence-corrected chi connectivity index (χ2v) is 4.90. The smallest absolute Gasteiger partial charge is 0.181 e. The van der Waals surface area contributed by atoms with Crippen LogP contribution in [0.15, 0.2) is 42.5 Å². The van der Waals surface area contributed by atoms with Crippen LogP contribution in [-0.4, -0.2) is 20.3 Å². The Labute approximate surface area is 112 Å². The fourth-order valence-electron chi connectivity index (χ4n) is 2.45. The predicted molar refractivity (Wildman–Crippen MR) is 73.3 cm³/mol. The molecule has 0 amide bonds. The normalized spacial score (nSPS) is 20.4. The van der Waals surface area contributed by atoms with Crippen LogP contribution in [0.25, 0.3) is 11.4 Å². The monoisotopic (exact) mass is 255 g/mol. The Balaban J connectivity index is 1.79. The highest BCUT2D eigenvalue weighted by Gasteiger charge is 2.24. The van der Waals surface area contributed by atoms with Gasteiger partial charge in [-0.15, -0.1) is 0 Å². The molecule has 2 atom stereocenters. The maximum Gasteiger partial charge on any atom is 0.181 e. The van der Waals surface area contributed by atoms with Crippen molar-refractivity contribution in [1.29, 1.82) is 0 Å². The molecule has 4 heteroatoms. The second-order valence-electron chi connectivity index (χ2n) is 4.90. The van der Waals surface area contributed by atoms with Gasteiger partial charge in [-0.05, 0) is 25.2 Å². The Hall–Kier alpha value is -1.94. The quantitative estimate of drug-likeness (QED) is 0.829. The molecule has 1 aliphatic carbocycles. The highest BCUT2D eigenvalue weighted by molar-refractivity contribution is 5.53. The molecule has 0 spiro atoms. The summed E-state index contributed by atoms with van der Waals surface area (Å²) in [6.45, 7) is 0. The first-order chi connectivity index (χ1) is 9.34. The Morgan fingerprint density at radius 2 is 2.05 bits per heavy atom. The molecule has 0 unspecified atom stereocenters. The Morgan fingerprint density at radius 3 is 2.79 bits per heavy atom. The average molecular weight is 255 g/mol. The van der Waals surface area contributed by atoms with Crippen LogP contribution in [0.4, 0.5) is 0 Å². The van der Waals surface area contributed by atoms with Gasteiger partial charge in [0.1, 0.15) is 6.10 Å². The lowest BCUT2D eigenvalue weighted by molar-refractivity contribution is 0.0944. The van der Waals surface area contributed by atoms with E-state index in [9.17, 15) is 5.11 Å². The third-order valence-electron chi connectivity index (χ3n) is 3.57. The van der Waals surface area contributed by atoms with Gasteiger partial charge in [-0.2, -0.15) is 5.10 Å². The zero-order chi connectivity index (χ0) is 13.1. The third-order valence-corrected chi connectivity index (χ3v) is 3.57. The van der Waals surface area contributed by atoms with E-state index in [1.54, 1.807) is 0 Å². The minimum absolute atomic E-state index is 0.238. The van der Waals surface area contributed by atoms with Gasteiger partial charge in [-0.25, -0.2) is 4.98 Å². The van der Waals surface area contributed by atoms with Gasteiger partial charge >= 0.3 is 0 Å². The number of aliphatic hydroxyl groups excluding tert-OH is 1. The first-order valence-corrected chi connectivity index (χ1v) is 6.65. The van der Waals surface area contributed by atoms with E-state index in [2.05, 4.69) is 27.3 Å². The molecule has 1 aliphatic rings. The summed E-state index contributed by atoms with van der Waals surface area (Å²) >= 11 is 0. The van der Waals surface area contributed by atoms with E-state index in [4.69, 9.17) is 0 Å². The molecule has 0 saturated carbocycles. The maximum absolute atomic E-state index is 10.3. The molecule has 0 radical (unpaired) electrons.